The van der Waals surface area contributed by atoms with E-state index in [9.17, 15) is 4.79 Å². The van der Waals surface area contributed by atoms with E-state index in [1.54, 1.807) is 12.1 Å². The summed E-state index contributed by atoms with van der Waals surface area (Å²) in [7, 11) is 0. The number of benzene rings is 1. The van der Waals surface area contributed by atoms with Crippen LogP contribution in [0.5, 0.6) is 0 Å². The average Bonchev–Trinajstić information content (AvgIpc) is 2.71. The van der Waals surface area contributed by atoms with Gasteiger partial charge in [-0.05, 0) is 30.2 Å². The first-order chi connectivity index (χ1) is 8.11. The van der Waals surface area contributed by atoms with Crippen molar-refractivity contribution in [2.24, 2.45) is 11.8 Å². The monoisotopic (exact) mass is 230 g/mol. The number of carboxylic acid groups (broad SMARTS) is 1. The molecule has 1 aromatic carbocycles. The Morgan fingerprint density at radius 1 is 1.41 bits per heavy atom. The molecule has 1 aliphatic rings. The molecule has 1 aliphatic heterocycles. The molecule has 1 heterocycles. The summed E-state index contributed by atoms with van der Waals surface area (Å²) in [6.07, 6.45) is 0. The van der Waals surface area contributed by atoms with Gasteiger partial charge in [0.1, 0.15) is 0 Å². The van der Waals surface area contributed by atoms with Gasteiger partial charge in [0, 0.05) is 18.8 Å². The Labute approximate surface area is 100 Å². The molecule has 88 valence electrons. The molecule has 0 saturated carbocycles. The Hall–Kier alpha value is -2.02. The molecule has 0 aromatic heterocycles. The molecule has 1 fully saturated rings. The molecule has 4 heteroatoms. The molecule has 0 amide bonds. The SMILES string of the molecule is C[C@@H]1CN(c2ccc(C#N)cc2)C[C@H]1C(=O)O. The molecule has 17 heavy (non-hydrogen) atoms. The Bertz CT molecular complexity index is 461. The summed E-state index contributed by atoms with van der Waals surface area (Å²) in [4.78, 5) is 13.1. The quantitative estimate of drug-likeness (QED) is 0.840. The normalized spacial score (nSPS) is 23.4. The molecule has 0 spiro atoms. The molecule has 0 aliphatic carbocycles. The van der Waals surface area contributed by atoms with Gasteiger partial charge in [-0.3, -0.25) is 4.79 Å². The maximum absolute atomic E-state index is 11.0. The molecule has 4 nitrogen and oxygen atoms in total. The van der Waals surface area contributed by atoms with Gasteiger partial charge < -0.3 is 10.0 Å². The van der Waals surface area contributed by atoms with Crippen LogP contribution in [-0.4, -0.2) is 24.2 Å². The van der Waals surface area contributed by atoms with Crippen LogP contribution in [0.3, 0.4) is 0 Å². The molecule has 0 bridgehead atoms. The van der Waals surface area contributed by atoms with Crippen molar-refractivity contribution in [3.8, 4) is 6.07 Å². The van der Waals surface area contributed by atoms with Crippen molar-refractivity contribution in [1.82, 2.24) is 0 Å². The molecular weight excluding hydrogens is 216 g/mol. The minimum atomic E-state index is -0.728. The molecule has 1 aromatic rings. The fourth-order valence-electron chi connectivity index (χ4n) is 2.25. The van der Waals surface area contributed by atoms with Gasteiger partial charge in [-0.15, -0.1) is 0 Å². The lowest BCUT2D eigenvalue weighted by atomic mass is 9.99. The molecule has 0 radical (unpaired) electrons. The fourth-order valence-corrected chi connectivity index (χ4v) is 2.25. The maximum Gasteiger partial charge on any atom is 0.308 e. The average molecular weight is 230 g/mol. The largest absolute Gasteiger partial charge is 0.481 e. The standard InChI is InChI=1S/C13H14N2O2/c1-9-7-15(8-12(9)13(16)17)11-4-2-10(6-14)3-5-11/h2-5,9,12H,7-8H2,1H3,(H,16,17)/t9-,12-/m1/s1. The lowest BCUT2D eigenvalue weighted by Crippen LogP contribution is -2.22. The van der Waals surface area contributed by atoms with Crippen molar-refractivity contribution in [3.05, 3.63) is 29.8 Å². The van der Waals surface area contributed by atoms with E-state index >= 15 is 0 Å². The minimum absolute atomic E-state index is 0.156. The van der Waals surface area contributed by atoms with Crippen LogP contribution in [0.4, 0.5) is 5.69 Å². The van der Waals surface area contributed by atoms with Crippen LogP contribution in [0.25, 0.3) is 0 Å². The highest BCUT2D eigenvalue weighted by molar-refractivity contribution is 5.72. The third-order valence-corrected chi connectivity index (χ3v) is 3.29. The van der Waals surface area contributed by atoms with E-state index in [0.29, 0.717) is 12.1 Å². The summed E-state index contributed by atoms with van der Waals surface area (Å²) in [5, 5.41) is 17.8. The Kier molecular flexibility index (Phi) is 3.01. The van der Waals surface area contributed by atoms with E-state index < -0.39 is 5.97 Å². The zero-order valence-electron chi connectivity index (χ0n) is 9.63. The van der Waals surface area contributed by atoms with Gasteiger partial charge in [0.15, 0.2) is 0 Å². The number of nitriles is 1. The molecule has 1 N–H and O–H groups in total. The molecule has 1 saturated heterocycles. The summed E-state index contributed by atoms with van der Waals surface area (Å²) >= 11 is 0. The van der Waals surface area contributed by atoms with Gasteiger partial charge in [0.25, 0.3) is 0 Å². The van der Waals surface area contributed by atoms with E-state index in [4.69, 9.17) is 10.4 Å². The van der Waals surface area contributed by atoms with Gasteiger partial charge in [0.05, 0.1) is 17.6 Å². The van der Waals surface area contributed by atoms with Crippen LogP contribution in [0.1, 0.15) is 12.5 Å². The first-order valence-corrected chi connectivity index (χ1v) is 5.59. The molecule has 2 atom stereocenters. The summed E-state index contributed by atoms with van der Waals surface area (Å²) in [6.45, 7) is 3.26. The number of nitrogens with zero attached hydrogens (tertiary/aromatic N) is 2. The lowest BCUT2D eigenvalue weighted by molar-refractivity contribution is -0.142. The van der Waals surface area contributed by atoms with Gasteiger partial charge in [0.2, 0.25) is 0 Å². The Morgan fingerprint density at radius 2 is 2.06 bits per heavy atom. The number of hydrogen-bond acceptors (Lipinski definition) is 3. The number of anilines is 1. The van der Waals surface area contributed by atoms with Gasteiger partial charge in [-0.2, -0.15) is 5.26 Å². The van der Waals surface area contributed by atoms with Crippen LogP contribution in [0.15, 0.2) is 24.3 Å². The zero-order valence-corrected chi connectivity index (χ0v) is 9.63. The van der Waals surface area contributed by atoms with Crippen molar-refractivity contribution < 1.29 is 9.90 Å². The second-order valence-corrected chi connectivity index (χ2v) is 4.49. The topological polar surface area (TPSA) is 64.3 Å². The third-order valence-electron chi connectivity index (χ3n) is 3.29. The van der Waals surface area contributed by atoms with Crippen molar-refractivity contribution in [3.63, 3.8) is 0 Å². The second-order valence-electron chi connectivity index (χ2n) is 4.49. The van der Waals surface area contributed by atoms with E-state index in [2.05, 4.69) is 11.0 Å². The van der Waals surface area contributed by atoms with Crippen LogP contribution in [0, 0.1) is 23.2 Å². The van der Waals surface area contributed by atoms with Crippen molar-refractivity contribution in [2.75, 3.05) is 18.0 Å². The van der Waals surface area contributed by atoms with Crippen LogP contribution in [0.2, 0.25) is 0 Å². The number of hydrogen-bond donors (Lipinski definition) is 1. The lowest BCUT2D eigenvalue weighted by Gasteiger charge is -2.17. The smallest absolute Gasteiger partial charge is 0.308 e. The predicted octanol–water partition coefficient (Wildman–Crippen LogP) is 1.72. The molecular formula is C13H14N2O2. The second kappa shape index (κ2) is 4.46. The highest BCUT2D eigenvalue weighted by atomic mass is 16.4. The van der Waals surface area contributed by atoms with Crippen molar-refractivity contribution >= 4 is 11.7 Å². The van der Waals surface area contributed by atoms with Crippen molar-refractivity contribution in [1.29, 1.82) is 5.26 Å². The van der Waals surface area contributed by atoms with E-state index in [1.165, 1.54) is 0 Å². The van der Waals surface area contributed by atoms with Gasteiger partial charge >= 0.3 is 5.97 Å². The van der Waals surface area contributed by atoms with E-state index in [0.717, 1.165) is 12.2 Å². The highest BCUT2D eigenvalue weighted by Crippen LogP contribution is 2.28. The minimum Gasteiger partial charge on any atom is -0.481 e. The predicted molar refractivity (Wildman–Crippen MR) is 63.7 cm³/mol. The number of carboxylic acids is 1. The Morgan fingerprint density at radius 3 is 2.53 bits per heavy atom. The van der Waals surface area contributed by atoms with Crippen LogP contribution >= 0.6 is 0 Å². The third kappa shape index (κ3) is 2.23. The first kappa shape index (κ1) is 11.5. The Balaban J connectivity index is 2.14. The summed E-state index contributed by atoms with van der Waals surface area (Å²) in [5.41, 5.74) is 1.61. The van der Waals surface area contributed by atoms with E-state index in [-0.39, 0.29) is 11.8 Å². The summed E-state index contributed by atoms with van der Waals surface area (Å²) < 4.78 is 0. The highest BCUT2D eigenvalue weighted by Gasteiger charge is 2.34. The zero-order chi connectivity index (χ0) is 12.4. The number of carbonyl (C=O) groups is 1. The summed E-state index contributed by atoms with van der Waals surface area (Å²) in [5.74, 6) is -0.873. The number of rotatable bonds is 2. The fraction of sp³-hybridized carbons (Fsp3) is 0.385. The summed E-state index contributed by atoms with van der Waals surface area (Å²) in [6, 6.07) is 9.33. The van der Waals surface area contributed by atoms with Gasteiger partial charge in [-0.25, -0.2) is 0 Å². The van der Waals surface area contributed by atoms with Crippen LogP contribution in [-0.2, 0) is 4.79 Å². The van der Waals surface area contributed by atoms with Gasteiger partial charge in [-0.1, -0.05) is 6.92 Å². The van der Waals surface area contributed by atoms with Crippen LogP contribution < -0.4 is 4.90 Å². The first-order valence-electron chi connectivity index (χ1n) is 5.59. The maximum atomic E-state index is 11.0. The van der Waals surface area contributed by atoms with E-state index in [1.807, 2.05) is 19.1 Å². The van der Waals surface area contributed by atoms with Crippen molar-refractivity contribution in [2.45, 2.75) is 6.92 Å². The number of aliphatic carboxylic acids is 1. The molecule has 0 unspecified atom stereocenters. The molecule has 2 rings (SSSR count).